The molecule has 1 aliphatic heterocycles. The Morgan fingerprint density at radius 3 is 3.05 bits per heavy atom. The van der Waals surface area contributed by atoms with E-state index in [9.17, 15) is 9.50 Å². The van der Waals surface area contributed by atoms with Gasteiger partial charge in [0.05, 0.1) is 18.3 Å². The van der Waals surface area contributed by atoms with Crippen LogP contribution in [0.15, 0.2) is 30.5 Å². The average molecular weight is 302 g/mol. The van der Waals surface area contributed by atoms with E-state index in [1.807, 2.05) is 6.07 Å². The summed E-state index contributed by atoms with van der Waals surface area (Å²) in [6.07, 6.45) is 3.64. The molecular formula is C16H19FN4O. The number of aliphatic hydroxyl groups is 1. The lowest BCUT2D eigenvalue weighted by Crippen LogP contribution is -2.27. The zero-order valence-corrected chi connectivity index (χ0v) is 12.2. The van der Waals surface area contributed by atoms with Crippen molar-refractivity contribution < 1.29 is 9.50 Å². The first-order valence-electron chi connectivity index (χ1n) is 7.42. The molecule has 1 atom stereocenters. The summed E-state index contributed by atoms with van der Waals surface area (Å²) in [5, 5.41) is 9.22. The number of hydrogen-bond acceptors (Lipinski definition) is 5. The molecule has 0 radical (unpaired) electrons. The van der Waals surface area contributed by atoms with Gasteiger partial charge in [0.25, 0.3) is 0 Å². The van der Waals surface area contributed by atoms with Crippen LogP contribution in [-0.4, -0.2) is 39.7 Å². The molecule has 0 spiro atoms. The molecule has 0 bridgehead atoms. The summed E-state index contributed by atoms with van der Waals surface area (Å²) in [6, 6.07) is 6.48. The summed E-state index contributed by atoms with van der Waals surface area (Å²) in [7, 11) is 0. The number of nitrogen functional groups attached to an aromatic ring is 1. The molecule has 0 amide bonds. The van der Waals surface area contributed by atoms with Gasteiger partial charge in [0.15, 0.2) is 0 Å². The van der Waals surface area contributed by atoms with Gasteiger partial charge in [-0.1, -0.05) is 12.1 Å². The molecule has 3 N–H and O–H groups in total. The number of aromatic nitrogens is 2. The molecule has 6 heteroatoms. The van der Waals surface area contributed by atoms with E-state index in [1.54, 1.807) is 12.3 Å². The first-order chi connectivity index (χ1) is 10.7. The van der Waals surface area contributed by atoms with Crippen LogP contribution in [-0.2, 0) is 0 Å². The largest absolute Gasteiger partial charge is 0.395 e. The quantitative estimate of drug-likeness (QED) is 0.903. The minimum atomic E-state index is -0.293. The van der Waals surface area contributed by atoms with Crippen LogP contribution < -0.4 is 5.73 Å². The van der Waals surface area contributed by atoms with Gasteiger partial charge in [-0.15, -0.1) is 0 Å². The number of anilines is 1. The average Bonchev–Trinajstić information content (AvgIpc) is 2.96. The number of hydrogen-bond donors (Lipinski definition) is 2. The number of β-amino-alcohol motifs (C(OH)–C–C–N with tert-alkyl or cyclic N) is 1. The van der Waals surface area contributed by atoms with E-state index in [0.717, 1.165) is 36.2 Å². The van der Waals surface area contributed by atoms with Gasteiger partial charge in [0, 0.05) is 18.3 Å². The predicted molar refractivity (Wildman–Crippen MR) is 82.5 cm³/mol. The van der Waals surface area contributed by atoms with Gasteiger partial charge in [-0.2, -0.15) is 0 Å². The molecule has 2 aromatic rings. The van der Waals surface area contributed by atoms with Gasteiger partial charge in [0.2, 0.25) is 5.95 Å². The Morgan fingerprint density at radius 2 is 2.27 bits per heavy atom. The fraction of sp³-hybridized carbons (Fsp3) is 0.375. The number of benzene rings is 1. The van der Waals surface area contributed by atoms with Gasteiger partial charge in [0.1, 0.15) is 5.82 Å². The van der Waals surface area contributed by atoms with E-state index in [4.69, 9.17) is 5.73 Å². The fourth-order valence-electron chi connectivity index (χ4n) is 3.07. The fourth-order valence-corrected chi connectivity index (χ4v) is 3.07. The number of likely N-dealkylation sites (tertiary alicyclic amines) is 1. The van der Waals surface area contributed by atoms with Crippen molar-refractivity contribution in [3.8, 4) is 11.1 Å². The minimum Gasteiger partial charge on any atom is -0.395 e. The topological polar surface area (TPSA) is 75.3 Å². The van der Waals surface area contributed by atoms with Gasteiger partial charge in [-0.3, -0.25) is 4.90 Å². The molecule has 22 heavy (non-hydrogen) atoms. The maximum atomic E-state index is 13.5. The normalized spacial score (nSPS) is 18.7. The Labute approximate surface area is 128 Å². The molecule has 0 saturated carbocycles. The summed E-state index contributed by atoms with van der Waals surface area (Å²) < 4.78 is 13.5. The number of aliphatic hydroxyl groups excluding tert-OH is 1. The molecule has 1 aromatic carbocycles. The molecule has 1 aliphatic rings. The van der Waals surface area contributed by atoms with Crippen molar-refractivity contribution in [1.82, 2.24) is 14.9 Å². The third kappa shape index (κ3) is 2.93. The van der Waals surface area contributed by atoms with Crippen LogP contribution in [0.4, 0.5) is 10.3 Å². The Hall–Kier alpha value is -2.05. The standard InChI is InChI=1S/C16H19FN4O/c17-12-4-1-3-11(9-12)13-10-19-16(18)20-15(13)14-5-2-6-21(14)7-8-22/h1,3-4,9-10,14,22H,2,5-8H2,(H2,18,19,20). The van der Waals surface area contributed by atoms with Crippen LogP contribution in [0.25, 0.3) is 11.1 Å². The van der Waals surface area contributed by atoms with Crippen LogP contribution in [0, 0.1) is 5.82 Å². The lowest BCUT2D eigenvalue weighted by Gasteiger charge is -2.25. The molecule has 3 rings (SSSR count). The molecule has 116 valence electrons. The second-order valence-electron chi connectivity index (χ2n) is 5.46. The Kier molecular flexibility index (Phi) is 4.31. The predicted octanol–water partition coefficient (Wildman–Crippen LogP) is 1.99. The Morgan fingerprint density at radius 1 is 1.41 bits per heavy atom. The number of nitrogens with zero attached hydrogens (tertiary/aromatic N) is 3. The molecule has 1 saturated heterocycles. The Balaban J connectivity index is 2.05. The first-order valence-corrected chi connectivity index (χ1v) is 7.42. The van der Waals surface area contributed by atoms with Gasteiger partial charge < -0.3 is 10.8 Å². The lowest BCUT2D eigenvalue weighted by atomic mass is 10.00. The van der Waals surface area contributed by atoms with Crippen molar-refractivity contribution in [2.75, 3.05) is 25.4 Å². The highest BCUT2D eigenvalue weighted by atomic mass is 19.1. The van der Waals surface area contributed by atoms with E-state index in [-0.39, 0.29) is 24.4 Å². The molecule has 0 aliphatic carbocycles. The van der Waals surface area contributed by atoms with Crippen LogP contribution in [0.3, 0.4) is 0 Å². The minimum absolute atomic E-state index is 0.0794. The number of halogens is 1. The van der Waals surface area contributed by atoms with Crippen LogP contribution in [0.2, 0.25) is 0 Å². The number of rotatable bonds is 4. The lowest BCUT2D eigenvalue weighted by molar-refractivity contribution is 0.184. The zero-order chi connectivity index (χ0) is 15.5. The third-order valence-electron chi connectivity index (χ3n) is 4.04. The van der Waals surface area contributed by atoms with Crippen molar-refractivity contribution in [3.05, 3.63) is 42.0 Å². The van der Waals surface area contributed by atoms with Crippen molar-refractivity contribution in [2.45, 2.75) is 18.9 Å². The Bertz CT molecular complexity index is 664. The molecular weight excluding hydrogens is 283 g/mol. The van der Waals surface area contributed by atoms with Crippen molar-refractivity contribution in [2.24, 2.45) is 0 Å². The molecule has 5 nitrogen and oxygen atoms in total. The van der Waals surface area contributed by atoms with E-state index < -0.39 is 0 Å². The number of nitrogens with two attached hydrogens (primary N) is 1. The van der Waals surface area contributed by atoms with Gasteiger partial charge >= 0.3 is 0 Å². The molecule has 1 unspecified atom stereocenters. The van der Waals surface area contributed by atoms with Gasteiger partial charge in [-0.25, -0.2) is 14.4 Å². The van der Waals surface area contributed by atoms with Gasteiger partial charge in [-0.05, 0) is 37.1 Å². The van der Waals surface area contributed by atoms with E-state index in [2.05, 4.69) is 14.9 Å². The van der Waals surface area contributed by atoms with E-state index in [0.29, 0.717) is 6.54 Å². The summed E-state index contributed by atoms with van der Waals surface area (Å²) in [6.45, 7) is 1.61. The van der Waals surface area contributed by atoms with Crippen molar-refractivity contribution >= 4 is 5.95 Å². The third-order valence-corrected chi connectivity index (χ3v) is 4.04. The van der Waals surface area contributed by atoms with Crippen LogP contribution >= 0.6 is 0 Å². The second-order valence-corrected chi connectivity index (χ2v) is 5.46. The van der Waals surface area contributed by atoms with Crippen LogP contribution in [0.5, 0.6) is 0 Å². The molecule has 1 aromatic heterocycles. The van der Waals surface area contributed by atoms with Crippen molar-refractivity contribution in [3.63, 3.8) is 0 Å². The maximum Gasteiger partial charge on any atom is 0.220 e. The van der Waals surface area contributed by atoms with E-state index in [1.165, 1.54) is 12.1 Å². The molecule has 2 heterocycles. The summed E-state index contributed by atoms with van der Waals surface area (Å²) in [4.78, 5) is 10.7. The second kappa shape index (κ2) is 6.37. The maximum absolute atomic E-state index is 13.5. The highest BCUT2D eigenvalue weighted by Gasteiger charge is 2.29. The summed E-state index contributed by atoms with van der Waals surface area (Å²) >= 11 is 0. The highest BCUT2D eigenvalue weighted by molar-refractivity contribution is 5.66. The molecule has 1 fully saturated rings. The summed E-state index contributed by atoms with van der Waals surface area (Å²) in [5.74, 6) is -0.0788. The SMILES string of the molecule is Nc1ncc(-c2cccc(F)c2)c(C2CCCN2CCO)n1. The zero-order valence-electron chi connectivity index (χ0n) is 12.2. The summed E-state index contributed by atoms with van der Waals surface area (Å²) in [5.41, 5.74) is 8.10. The smallest absolute Gasteiger partial charge is 0.220 e. The van der Waals surface area contributed by atoms with Crippen LogP contribution in [0.1, 0.15) is 24.6 Å². The highest BCUT2D eigenvalue weighted by Crippen LogP contribution is 2.36. The first kappa shape index (κ1) is 14.9. The van der Waals surface area contributed by atoms with E-state index >= 15 is 0 Å². The van der Waals surface area contributed by atoms with Crippen molar-refractivity contribution in [1.29, 1.82) is 0 Å². The monoisotopic (exact) mass is 302 g/mol.